The van der Waals surface area contributed by atoms with Crippen molar-refractivity contribution in [2.24, 2.45) is 7.05 Å². The lowest BCUT2D eigenvalue weighted by Gasteiger charge is -2.24. The van der Waals surface area contributed by atoms with E-state index in [2.05, 4.69) is 35.6 Å². The summed E-state index contributed by atoms with van der Waals surface area (Å²) in [6.07, 6.45) is 6.08. The van der Waals surface area contributed by atoms with Crippen LogP contribution in [0.2, 0.25) is 0 Å². The topological polar surface area (TPSA) is 104 Å². The van der Waals surface area contributed by atoms with Gasteiger partial charge >= 0.3 is 0 Å². The van der Waals surface area contributed by atoms with Gasteiger partial charge in [-0.2, -0.15) is 20.1 Å². The van der Waals surface area contributed by atoms with E-state index >= 15 is 0 Å². The van der Waals surface area contributed by atoms with Crippen molar-refractivity contribution < 1.29 is 5.11 Å². The number of nitrogens with zero attached hydrogens (tertiary/aromatic N) is 6. The number of rotatable bonds is 7. The highest BCUT2D eigenvalue weighted by Crippen LogP contribution is 2.34. The normalized spacial score (nSPS) is 17.3. The lowest BCUT2D eigenvalue weighted by atomic mass is 10.1. The fourth-order valence-corrected chi connectivity index (χ4v) is 3.03. The summed E-state index contributed by atoms with van der Waals surface area (Å²) in [5.41, 5.74) is 1.17. The Morgan fingerprint density at radius 1 is 1.28 bits per heavy atom. The van der Waals surface area contributed by atoms with Crippen LogP contribution in [0.4, 0.5) is 17.8 Å². The lowest BCUT2D eigenvalue weighted by Crippen LogP contribution is -2.26. The molecule has 2 aromatic rings. The maximum atomic E-state index is 9.05. The van der Waals surface area contributed by atoms with Crippen molar-refractivity contribution in [3.05, 3.63) is 18.0 Å². The highest BCUT2D eigenvalue weighted by atomic mass is 16.3. The monoisotopic (exact) mass is 346 g/mol. The largest absolute Gasteiger partial charge is 0.395 e. The number of nitrogens with one attached hydrogen (secondary N) is 2. The Hall–Kier alpha value is -2.42. The predicted molar refractivity (Wildman–Crippen MR) is 96.7 cm³/mol. The Labute approximate surface area is 147 Å². The fraction of sp³-hybridized carbons (Fsp3) is 0.625. The van der Waals surface area contributed by atoms with Crippen LogP contribution >= 0.6 is 0 Å². The minimum absolute atomic E-state index is 0.0238. The van der Waals surface area contributed by atoms with Crippen LogP contribution in [-0.4, -0.2) is 55.6 Å². The Balaban J connectivity index is 1.90. The molecule has 9 nitrogen and oxygen atoms in total. The first-order chi connectivity index (χ1) is 12.1. The maximum absolute atomic E-state index is 9.05. The molecule has 1 atom stereocenters. The van der Waals surface area contributed by atoms with Gasteiger partial charge in [-0.25, -0.2) is 0 Å². The molecule has 1 aliphatic rings. The number of hydrogen-bond acceptors (Lipinski definition) is 8. The van der Waals surface area contributed by atoms with E-state index in [4.69, 9.17) is 5.11 Å². The maximum Gasteiger partial charge on any atom is 0.232 e. The van der Waals surface area contributed by atoms with Gasteiger partial charge in [0.05, 0.1) is 18.8 Å². The van der Waals surface area contributed by atoms with Crippen molar-refractivity contribution in [2.45, 2.75) is 38.8 Å². The van der Waals surface area contributed by atoms with Crippen LogP contribution in [0.3, 0.4) is 0 Å². The molecule has 2 aromatic heterocycles. The summed E-state index contributed by atoms with van der Waals surface area (Å²) in [6, 6.07) is 0.433. The number of aliphatic hydroxyl groups excluding tert-OH is 1. The average Bonchev–Trinajstić information content (AvgIpc) is 3.20. The van der Waals surface area contributed by atoms with Gasteiger partial charge in [0.15, 0.2) is 0 Å². The Morgan fingerprint density at radius 2 is 2.08 bits per heavy atom. The number of anilines is 3. The summed E-state index contributed by atoms with van der Waals surface area (Å²) in [6.45, 7) is 5.40. The number of aromatic nitrogens is 5. The van der Waals surface area contributed by atoms with E-state index in [-0.39, 0.29) is 18.7 Å². The molecule has 0 radical (unpaired) electrons. The molecule has 136 valence electrons. The number of hydrogen-bond donors (Lipinski definition) is 3. The molecular formula is C16H26N8O. The molecule has 1 aliphatic heterocycles. The summed E-state index contributed by atoms with van der Waals surface area (Å²) in [5.74, 6) is 1.65. The average molecular weight is 346 g/mol. The molecule has 0 aromatic carbocycles. The quantitative estimate of drug-likeness (QED) is 0.686. The minimum atomic E-state index is 0.0238. The molecule has 0 spiro atoms. The fourth-order valence-electron chi connectivity index (χ4n) is 3.03. The molecule has 0 aliphatic carbocycles. The van der Waals surface area contributed by atoms with Gasteiger partial charge in [-0.3, -0.25) is 4.68 Å². The standard InChI is InChI=1S/C16H26N8O/c1-11(2)19-15-20-14(17-6-8-25)21-16(22-15)24-7-4-5-13(24)12-9-18-23(3)10-12/h9-11,13,25H,4-8H2,1-3H3,(H2,17,19,20,21,22). The van der Waals surface area contributed by atoms with Gasteiger partial charge in [-0.15, -0.1) is 0 Å². The van der Waals surface area contributed by atoms with E-state index in [0.29, 0.717) is 24.4 Å². The third-order valence-electron chi connectivity index (χ3n) is 4.06. The van der Waals surface area contributed by atoms with Crippen molar-refractivity contribution in [1.82, 2.24) is 24.7 Å². The van der Waals surface area contributed by atoms with E-state index < -0.39 is 0 Å². The highest BCUT2D eigenvalue weighted by molar-refractivity contribution is 5.46. The van der Waals surface area contributed by atoms with Gasteiger partial charge in [0.1, 0.15) is 0 Å². The van der Waals surface area contributed by atoms with Crippen LogP contribution in [0.1, 0.15) is 38.3 Å². The van der Waals surface area contributed by atoms with Crippen LogP contribution in [0.5, 0.6) is 0 Å². The molecule has 25 heavy (non-hydrogen) atoms. The first kappa shape index (κ1) is 17.4. The van der Waals surface area contributed by atoms with E-state index in [0.717, 1.165) is 19.4 Å². The minimum Gasteiger partial charge on any atom is -0.395 e. The van der Waals surface area contributed by atoms with Crippen molar-refractivity contribution in [2.75, 3.05) is 35.2 Å². The van der Waals surface area contributed by atoms with Crippen LogP contribution in [0.15, 0.2) is 12.4 Å². The van der Waals surface area contributed by atoms with E-state index in [9.17, 15) is 0 Å². The molecule has 1 fully saturated rings. The molecule has 9 heteroatoms. The Kier molecular flexibility index (Phi) is 5.32. The van der Waals surface area contributed by atoms with Crippen molar-refractivity contribution >= 4 is 17.8 Å². The third kappa shape index (κ3) is 4.16. The lowest BCUT2D eigenvalue weighted by molar-refractivity contribution is 0.311. The molecule has 3 rings (SSSR count). The Morgan fingerprint density at radius 3 is 2.76 bits per heavy atom. The van der Waals surface area contributed by atoms with Gasteiger partial charge in [-0.05, 0) is 26.7 Å². The summed E-state index contributed by atoms with van der Waals surface area (Å²) >= 11 is 0. The molecule has 0 bridgehead atoms. The van der Waals surface area contributed by atoms with Crippen molar-refractivity contribution in [1.29, 1.82) is 0 Å². The molecule has 3 N–H and O–H groups in total. The van der Waals surface area contributed by atoms with Crippen LogP contribution in [0.25, 0.3) is 0 Å². The SMILES string of the molecule is CC(C)Nc1nc(NCCO)nc(N2CCCC2c2cnn(C)c2)n1. The predicted octanol–water partition coefficient (Wildman–Crippen LogP) is 1.17. The van der Waals surface area contributed by atoms with Gasteiger partial charge in [0.25, 0.3) is 0 Å². The molecular weight excluding hydrogens is 320 g/mol. The zero-order valence-corrected chi connectivity index (χ0v) is 15.0. The van der Waals surface area contributed by atoms with Crippen LogP contribution < -0.4 is 15.5 Å². The first-order valence-electron chi connectivity index (χ1n) is 8.69. The second kappa shape index (κ2) is 7.64. The van der Waals surface area contributed by atoms with Gasteiger partial charge < -0.3 is 20.6 Å². The smallest absolute Gasteiger partial charge is 0.232 e. The van der Waals surface area contributed by atoms with Crippen LogP contribution in [-0.2, 0) is 7.05 Å². The van der Waals surface area contributed by atoms with Gasteiger partial charge in [0, 0.05) is 37.9 Å². The van der Waals surface area contributed by atoms with E-state index in [1.165, 1.54) is 5.56 Å². The highest BCUT2D eigenvalue weighted by Gasteiger charge is 2.29. The number of aliphatic hydroxyl groups is 1. The van der Waals surface area contributed by atoms with E-state index in [1.54, 1.807) is 0 Å². The van der Waals surface area contributed by atoms with E-state index in [1.807, 2.05) is 38.0 Å². The summed E-state index contributed by atoms with van der Waals surface area (Å²) in [7, 11) is 1.92. The van der Waals surface area contributed by atoms with Crippen molar-refractivity contribution in [3.63, 3.8) is 0 Å². The van der Waals surface area contributed by atoms with Gasteiger partial charge in [0.2, 0.25) is 17.8 Å². The summed E-state index contributed by atoms with van der Waals surface area (Å²) < 4.78 is 1.82. The molecule has 1 saturated heterocycles. The molecule has 0 amide bonds. The Bertz CT molecular complexity index is 701. The second-order valence-electron chi connectivity index (χ2n) is 6.53. The van der Waals surface area contributed by atoms with Crippen LogP contribution in [0, 0.1) is 0 Å². The third-order valence-corrected chi connectivity index (χ3v) is 4.06. The summed E-state index contributed by atoms with van der Waals surface area (Å²) in [5, 5.41) is 19.6. The zero-order valence-electron chi connectivity index (χ0n) is 15.0. The number of aryl methyl sites for hydroxylation is 1. The van der Waals surface area contributed by atoms with Gasteiger partial charge in [-0.1, -0.05) is 0 Å². The molecule has 3 heterocycles. The second-order valence-corrected chi connectivity index (χ2v) is 6.53. The molecule has 0 saturated carbocycles. The summed E-state index contributed by atoms with van der Waals surface area (Å²) in [4.78, 5) is 15.8. The zero-order chi connectivity index (χ0) is 17.8. The molecule has 1 unspecified atom stereocenters. The van der Waals surface area contributed by atoms with Crippen molar-refractivity contribution in [3.8, 4) is 0 Å². The first-order valence-corrected chi connectivity index (χ1v) is 8.69.